The Bertz CT molecular complexity index is 725. The number of hydrogen-bond donors (Lipinski definition) is 2. The molecule has 6 heteroatoms. The van der Waals surface area contributed by atoms with Crippen molar-refractivity contribution in [2.45, 2.75) is 26.2 Å². The third-order valence-electron chi connectivity index (χ3n) is 3.18. The van der Waals surface area contributed by atoms with E-state index < -0.39 is 5.97 Å². The van der Waals surface area contributed by atoms with Gasteiger partial charge in [-0.05, 0) is 25.0 Å². The summed E-state index contributed by atoms with van der Waals surface area (Å²) in [4.78, 5) is 29.7. The molecule has 0 fully saturated rings. The van der Waals surface area contributed by atoms with Gasteiger partial charge in [-0.2, -0.15) is 0 Å². The number of carboxylic acids is 1. The van der Waals surface area contributed by atoms with E-state index in [0.29, 0.717) is 28.5 Å². The number of aromatic amines is 1. The van der Waals surface area contributed by atoms with Crippen LogP contribution in [0.4, 0.5) is 0 Å². The SMILES string of the molecule is Cc1nc(Cc2ccccc2Cl)[nH]c(=O)c1CCC(=O)O. The highest BCUT2D eigenvalue weighted by atomic mass is 35.5. The zero-order valence-electron chi connectivity index (χ0n) is 11.5. The number of carboxylic acid groups (broad SMARTS) is 1. The number of halogens is 1. The minimum Gasteiger partial charge on any atom is -0.481 e. The Morgan fingerprint density at radius 2 is 2.10 bits per heavy atom. The maximum Gasteiger partial charge on any atom is 0.303 e. The molecule has 1 aromatic heterocycles. The predicted molar refractivity (Wildman–Crippen MR) is 79.8 cm³/mol. The lowest BCUT2D eigenvalue weighted by Gasteiger charge is -2.07. The van der Waals surface area contributed by atoms with E-state index in [4.69, 9.17) is 16.7 Å². The van der Waals surface area contributed by atoms with E-state index in [1.807, 2.05) is 18.2 Å². The van der Waals surface area contributed by atoms with Gasteiger partial charge in [-0.1, -0.05) is 29.8 Å². The lowest BCUT2D eigenvalue weighted by Crippen LogP contribution is -2.20. The Morgan fingerprint density at radius 1 is 1.38 bits per heavy atom. The van der Waals surface area contributed by atoms with Crippen molar-refractivity contribution in [3.05, 3.63) is 62.3 Å². The molecular formula is C15H15ClN2O3. The Labute approximate surface area is 126 Å². The first-order valence-corrected chi connectivity index (χ1v) is 6.89. The first-order valence-electron chi connectivity index (χ1n) is 6.51. The van der Waals surface area contributed by atoms with Gasteiger partial charge < -0.3 is 10.1 Å². The van der Waals surface area contributed by atoms with E-state index >= 15 is 0 Å². The maximum absolute atomic E-state index is 12.0. The van der Waals surface area contributed by atoms with Crippen molar-refractivity contribution < 1.29 is 9.90 Å². The fraction of sp³-hybridized carbons (Fsp3) is 0.267. The molecule has 110 valence electrons. The molecule has 0 saturated heterocycles. The van der Waals surface area contributed by atoms with Crippen molar-refractivity contribution >= 4 is 17.6 Å². The van der Waals surface area contributed by atoms with Gasteiger partial charge >= 0.3 is 5.97 Å². The summed E-state index contributed by atoms with van der Waals surface area (Å²) in [7, 11) is 0. The van der Waals surface area contributed by atoms with Crippen molar-refractivity contribution in [3.8, 4) is 0 Å². The molecule has 0 saturated carbocycles. The lowest BCUT2D eigenvalue weighted by atomic mass is 10.1. The second-order valence-corrected chi connectivity index (χ2v) is 5.15. The van der Waals surface area contributed by atoms with Crippen LogP contribution in [0.25, 0.3) is 0 Å². The van der Waals surface area contributed by atoms with Crippen LogP contribution in [-0.2, 0) is 17.6 Å². The van der Waals surface area contributed by atoms with Crippen LogP contribution in [0.5, 0.6) is 0 Å². The van der Waals surface area contributed by atoms with Crippen molar-refractivity contribution in [1.82, 2.24) is 9.97 Å². The number of aromatic nitrogens is 2. The third-order valence-corrected chi connectivity index (χ3v) is 3.54. The van der Waals surface area contributed by atoms with Crippen molar-refractivity contribution in [3.63, 3.8) is 0 Å². The van der Waals surface area contributed by atoms with Gasteiger partial charge in [-0.15, -0.1) is 0 Å². The summed E-state index contributed by atoms with van der Waals surface area (Å²) in [6.07, 6.45) is 0.514. The quantitative estimate of drug-likeness (QED) is 0.888. The Balaban J connectivity index is 2.26. The van der Waals surface area contributed by atoms with Gasteiger partial charge in [-0.25, -0.2) is 4.98 Å². The number of benzene rings is 1. The summed E-state index contributed by atoms with van der Waals surface area (Å²) in [6.45, 7) is 1.71. The normalized spacial score (nSPS) is 10.6. The fourth-order valence-corrected chi connectivity index (χ4v) is 2.30. The van der Waals surface area contributed by atoms with Gasteiger partial charge in [0.1, 0.15) is 5.82 Å². The highest BCUT2D eigenvalue weighted by Gasteiger charge is 2.11. The second kappa shape index (κ2) is 6.54. The molecular weight excluding hydrogens is 292 g/mol. The van der Waals surface area contributed by atoms with Crippen molar-refractivity contribution in [1.29, 1.82) is 0 Å². The molecule has 0 aliphatic rings. The Hall–Kier alpha value is -2.14. The third kappa shape index (κ3) is 3.92. The number of carbonyl (C=O) groups is 1. The number of H-pyrrole nitrogens is 1. The number of hydrogen-bond acceptors (Lipinski definition) is 3. The summed E-state index contributed by atoms with van der Waals surface area (Å²) in [6, 6.07) is 7.36. The smallest absolute Gasteiger partial charge is 0.303 e. The molecule has 0 amide bonds. The molecule has 0 unspecified atom stereocenters. The van der Waals surface area contributed by atoms with Gasteiger partial charge in [0, 0.05) is 29.1 Å². The van der Waals surface area contributed by atoms with E-state index in [9.17, 15) is 9.59 Å². The number of nitrogens with one attached hydrogen (secondary N) is 1. The van der Waals surface area contributed by atoms with E-state index in [2.05, 4.69) is 9.97 Å². The van der Waals surface area contributed by atoms with Gasteiger partial charge in [0.15, 0.2) is 0 Å². The zero-order valence-corrected chi connectivity index (χ0v) is 12.3. The molecule has 1 heterocycles. The average Bonchev–Trinajstić information content (AvgIpc) is 2.40. The topological polar surface area (TPSA) is 83.0 Å². The van der Waals surface area contributed by atoms with Crippen LogP contribution < -0.4 is 5.56 Å². The molecule has 0 aliphatic heterocycles. The monoisotopic (exact) mass is 306 g/mol. The van der Waals surface area contributed by atoms with Crippen molar-refractivity contribution in [2.75, 3.05) is 0 Å². The molecule has 2 N–H and O–H groups in total. The van der Waals surface area contributed by atoms with E-state index in [-0.39, 0.29) is 18.4 Å². The summed E-state index contributed by atoms with van der Waals surface area (Å²) >= 11 is 6.08. The molecule has 2 rings (SSSR count). The van der Waals surface area contributed by atoms with Crippen LogP contribution in [0.1, 0.15) is 29.1 Å². The van der Waals surface area contributed by atoms with Gasteiger partial charge in [0.05, 0.1) is 0 Å². The molecule has 0 atom stereocenters. The summed E-state index contributed by atoms with van der Waals surface area (Å²) in [5.41, 5.74) is 1.56. The molecule has 21 heavy (non-hydrogen) atoms. The molecule has 5 nitrogen and oxygen atoms in total. The average molecular weight is 307 g/mol. The first kappa shape index (κ1) is 15.3. The summed E-state index contributed by atoms with van der Waals surface area (Å²) in [5.74, 6) is -0.418. The van der Waals surface area contributed by atoms with E-state index in [1.54, 1.807) is 13.0 Å². The highest BCUT2D eigenvalue weighted by molar-refractivity contribution is 6.31. The van der Waals surface area contributed by atoms with Crippen LogP contribution in [0.3, 0.4) is 0 Å². The number of rotatable bonds is 5. The van der Waals surface area contributed by atoms with E-state index in [0.717, 1.165) is 5.56 Å². The van der Waals surface area contributed by atoms with Crippen molar-refractivity contribution in [2.24, 2.45) is 0 Å². The van der Waals surface area contributed by atoms with E-state index in [1.165, 1.54) is 0 Å². The van der Waals surface area contributed by atoms with Gasteiger partial charge in [0.2, 0.25) is 0 Å². The van der Waals surface area contributed by atoms with Crippen LogP contribution in [0.2, 0.25) is 5.02 Å². The minimum atomic E-state index is -0.936. The largest absolute Gasteiger partial charge is 0.481 e. The second-order valence-electron chi connectivity index (χ2n) is 4.74. The standard InChI is InChI=1S/C15H15ClN2O3/c1-9-11(6-7-14(19)20)15(21)18-13(17-9)8-10-4-2-3-5-12(10)16/h2-5H,6-8H2,1H3,(H,19,20)(H,17,18,21). The molecule has 0 radical (unpaired) electrons. The Morgan fingerprint density at radius 3 is 2.71 bits per heavy atom. The van der Waals surface area contributed by atoms with Crippen LogP contribution in [-0.4, -0.2) is 21.0 Å². The fourth-order valence-electron chi connectivity index (χ4n) is 2.10. The predicted octanol–water partition coefficient (Wildman–Crippen LogP) is 2.34. The molecule has 0 bridgehead atoms. The summed E-state index contributed by atoms with van der Waals surface area (Å²) in [5, 5.41) is 9.31. The molecule has 2 aromatic rings. The van der Waals surface area contributed by atoms with Gasteiger partial charge in [0.25, 0.3) is 5.56 Å². The van der Waals surface area contributed by atoms with Crippen LogP contribution in [0.15, 0.2) is 29.1 Å². The number of nitrogens with zero attached hydrogens (tertiary/aromatic N) is 1. The maximum atomic E-state index is 12.0. The number of aliphatic carboxylic acids is 1. The molecule has 1 aromatic carbocycles. The van der Waals surface area contributed by atoms with Crippen LogP contribution >= 0.6 is 11.6 Å². The molecule has 0 spiro atoms. The van der Waals surface area contributed by atoms with Gasteiger partial charge in [-0.3, -0.25) is 9.59 Å². The first-order chi connectivity index (χ1) is 9.97. The Kier molecular flexibility index (Phi) is 4.75. The highest BCUT2D eigenvalue weighted by Crippen LogP contribution is 2.17. The summed E-state index contributed by atoms with van der Waals surface area (Å²) < 4.78 is 0. The minimum absolute atomic E-state index is 0.0878. The molecule has 0 aliphatic carbocycles. The lowest BCUT2D eigenvalue weighted by molar-refractivity contribution is -0.136. The van der Waals surface area contributed by atoms with Crippen LogP contribution in [0, 0.1) is 6.92 Å². The number of aryl methyl sites for hydroxylation is 1. The zero-order chi connectivity index (χ0) is 15.4.